The molecule has 9 heteroatoms. The highest BCUT2D eigenvalue weighted by molar-refractivity contribution is 7.91. The van der Waals surface area contributed by atoms with E-state index >= 15 is 0 Å². The maximum Gasteiger partial charge on any atom is 0.203 e. The Labute approximate surface area is 113 Å². The molecule has 0 saturated heterocycles. The number of anilines is 1. The van der Waals surface area contributed by atoms with Gasteiger partial charge in [0.15, 0.2) is 14.8 Å². The highest BCUT2D eigenvalue weighted by Crippen LogP contribution is 2.30. The lowest BCUT2D eigenvalue weighted by Crippen LogP contribution is -2.15. The number of hydrogen-bond donors (Lipinski definition) is 1. The van der Waals surface area contributed by atoms with Crippen LogP contribution in [0.15, 0.2) is 6.20 Å². The van der Waals surface area contributed by atoms with E-state index in [2.05, 4.69) is 15.2 Å². The number of nitrogen functional groups attached to an aromatic ring is 1. The molecule has 2 aromatic rings. The average molecular weight is 304 g/mol. The second kappa shape index (κ2) is 4.90. The van der Waals surface area contributed by atoms with Crippen molar-refractivity contribution in [2.75, 3.05) is 5.73 Å². The van der Waals surface area contributed by atoms with Gasteiger partial charge >= 0.3 is 0 Å². The zero-order valence-corrected chi connectivity index (χ0v) is 12.3. The van der Waals surface area contributed by atoms with Gasteiger partial charge < -0.3 is 5.73 Å². The molecule has 0 aliphatic rings. The molecule has 2 aromatic heterocycles. The number of aromatic nitrogens is 3. The quantitative estimate of drug-likeness (QED) is 0.920. The monoisotopic (exact) mass is 304 g/mol. The average Bonchev–Trinajstić information content (AvgIpc) is 2.86. The lowest BCUT2D eigenvalue weighted by molar-refractivity contribution is 0.586. The summed E-state index contributed by atoms with van der Waals surface area (Å²) in [4.78, 5) is 4.90. The van der Waals surface area contributed by atoms with Crippen LogP contribution in [-0.2, 0) is 15.6 Å². The molecule has 98 valence electrons. The van der Waals surface area contributed by atoms with E-state index in [0.717, 1.165) is 4.88 Å². The zero-order valence-electron chi connectivity index (χ0n) is 9.82. The van der Waals surface area contributed by atoms with E-state index in [-0.39, 0.29) is 5.75 Å². The van der Waals surface area contributed by atoms with Gasteiger partial charge in [-0.1, -0.05) is 11.3 Å². The van der Waals surface area contributed by atoms with Gasteiger partial charge in [0.1, 0.15) is 10.8 Å². The molecular weight excluding hydrogens is 292 g/mol. The molecule has 6 nitrogen and oxygen atoms in total. The van der Waals surface area contributed by atoms with Crippen molar-refractivity contribution in [1.82, 2.24) is 15.2 Å². The number of hydrogen-bond acceptors (Lipinski definition) is 8. The maximum absolute atomic E-state index is 11.8. The first-order valence-corrected chi connectivity index (χ1v) is 8.49. The van der Waals surface area contributed by atoms with Crippen LogP contribution in [-0.4, -0.2) is 28.8 Å². The lowest BCUT2D eigenvalue weighted by atomic mass is 10.6. The van der Waals surface area contributed by atoms with Crippen LogP contribution < -0.4 is 5.73 Å². The molecule has 0 aromatic carbocycles. The fraction of sp³-hybridized carbons (Fsp3) is 0.444. The van der Waals surface area contributed by atoms with Crippen molar-refractivity contribution in [2.45, 2.75) is 24.9 Å². The second-order valence-corrected chi connectivity index (χ2v) is 8.60. The van der Waals surface area contributed by atoms with E-state index in [1.54, 1.807) is 20.0 Å². The molecule has 2 rings (SSSR count). The van der Waals surface area contributed by atoms with Crippen molar-refractivity contribution in [1.29, 1.82) is 0 Å². The molecule has 0 bridgehead atoms. The van der Waals surface area contributed by atoms with E-state index < -0.39 is 15.1 Å². The lowest BCUT2D eigenvalue weighted by Gasteiger charge is -2.04. The van der Waals surface area contributed by atoms with Crippen LogP contribution in [0.1, 0.15) is 18.9 Å². The predicted molar refractivity (Wildman–Crippen MR) is 73.2 cm³/mol. The third-order valence-electron chi connectivity index (χ3n) is 2.25. The molecule has 0 spiro atoms. The molecule has 18 heavy (non-hydrogen) atoms. The van der Waals surface area contributed by atoms with Gasteiger partial charge in [0, 0.05) is 6.20 Å². The molecular formula is C9H12N4O2S3. The van der Waals surface area contributed by atoms with Crippen LogP contribution in [0, 0.1) is 0 Å². The number of rotatable bonds is 4. The van der Waals surface area contributed by atoms with Gasteiger partial charge in [-0.15, -0.1) is 21.5 Å². The van der Waals surface area contributed by atoms with Crippen LogP contribution >= 0.6 is 22.7 Å². The van der Waals surface area contributed by atoms with Gasteiger partial charge in [0.25, 0.3) is 0 Å². The first kappa shape index (κ1) is 13.4. The smallest absolute Gasteiger partial charge is 0.203 e. The molecule has 2 N–H and O–H groups in total. The minimum atomic E-state index is -3.12. The van der Waals surface area contributed by atoms with Crippen molar-refractivity contribution >= 4 is 37.6 Å². The van der Waals surface area contributed by atoms with E-state index in [9.17, 15) is 8.42 Å². The molecule has 0 radical (unpaired) electrons. The summed E-state index contributed by atoms with van der Waals surface area (Å²) in [5.74, 6) is -0.0381. The third kappa shape index (κ3) is 2.85. The van der Waals surface area contributed by atoms with Gasteiger partial charge in [-0.3, -0.25) is 0 Å². The standard InChI is InChI=1S/C9H12N4O2S3/c1-5(2)18(14,15)4-7-11-3-6(16-7)8-12-13-9(10)17-8/h3,5H,4H2,1-2H3,(H2,10,13). The van der Waals surface area contributed by atoms with Crippen LogP contribution in [0.4, 0.5) is 5.13 Å². The molecule has 0 saturated carbocycles. The summed E-state index contributed by atoms with van der Waals surface area (Å²) in [6.07, 6.45) is 1.61. The largest absolute Gasteiger partial charge is 0.374 e. The zero-order chi connectivity index (χ0) is 13.3. The molecule has 0 unspecified atom stereocenters. The van der Waals surface area contributed by atoms with Crippen molar-refractivity contribution in [3.8, 4) is 9.88 Å². The van der Waals surface area contributed by atoms with Crippen LogP contribution in [0.2, 0.25) is 0 Å². The Kier molecular flexibility index (Phi) is 3.64. The Morgan fingerprint density at radius 2 is 2.06 bits per heavy atom. The molecule has 0 aliphatic carbocycles. The van der Waals surface area contributed by atoms with Gasteiger partial charge in [-0.05, 0) is 13.8 Å². The SMILES string of the molecule is CC(C)S(=O)(=O)Cc1ncc(-c2nnc(N)s2)s1. The number of sulfone groups is 1. The van der Waals surface area contributed by atoms with E-state index in [0.29, 0.717) is 15.1 Å². The molecule has 0 aliphatic heterocycles. The van der Waals surface area contributed by atoms with E-state index in [1.165, 1.54) is 22.7 Å². The van der Waals surface area contributed by atoms with Gasteiger partial charge in [-0.25, -0.2) is 13.4 Å². The van der Waals surface area contributed by atoms with Crippen molar-refractivity contribution in [2.24, 2.45) is 0 Å². The summed E-state index contributed by atoms with van der Waals surface area (Å²) in [5, 5.41) is 8.82. The van der Waals surface area contributed by atoms with Gasteiger partial charge in [0.05, 0.1) is 10.1 Å². The van der Waals surface area contributed by atoms with Crippen LogP contribution in [0.25, 0.3) is 9.88 Å². The summed E-state index contributed by atoms with van der Waals surface area (Å²) < 4.78 is 23.5. The van der Waals surface area contributed by atoms with Crippen molar-refractivity contribution in [3.05, 3.63) is 11.2 Å². The number of thiazole rings is 1. The van der Waals surface area contributed by atoms with Crippen LogP contribution in [0.5, 0.6) is 0 Å². The summed E-state index contributed by atoms with van der Waals surface area (Å²) in [7, 11) is -3.12. The first-order valence-electron chi connectivity index (χ1n) is 5.14. The number of nitrogens with zero attached hydrogens (tertiary/aromatic N) is 3. The molecule has 0 amide bonds. The third-order valence-corrected chi connectivity index (χ3v) is 6.46. The molecule has 2 heterocycles. The first-order chi connectivity index (χ1) is 8.38. The van der Waals surface area contributed by atoms with E-state index in [4.69, 9.17) is 5.73 Å². The van der Waals surface area contributed by atoms with Crippen molar-refractivity contribution in [3.63, 3.8) is 0 Å². The Hall–Kier alpha value is -1.06. The fourth-order valence-corrected chi connectivity index (χ4v) is 3.99. The molecule has 0 atom stereocenters. The summed E-state index contributed by atoms with van der Waals surface area (Å²) in [5.41, 5.74) is 5.50. The topological polar surface area (TPSA) is 98.8 Å². The Balaban J connectivity index is 2.22. The normalized spacial score (nSPS) is 12.2. The van der Waals surface area contributed by atoms with Crippen molar-refractivity contribution < 1.29 is 8.42 Å². The minimum Gasteiger partial charge on any atom is -0.374 e. The van der Waals surface area contributed by atoms with Gasteiger partial charge in [0.2, 0.25) is 5.13 Å². The van der Waals surface area contributed by atoms with Crippen LogP contribution in [0.3, 0.4) is 0 Å². The Morgan fingerprint density at radius 3 is 2.61 bits per heavy atom. The van der Waals surface area contributed by atoms with Gasteiger partial charge in [-0.2, -0.15) is 0 Å². The minimum absolute atomic E-state index is 0.0381. The number of nitrogens with two attached hydrogens (primary N) is 1. The highest BCUT2D eigenvalue weighted by atomic mass is 32.2. The molecule has 0 fully saturated rings. The Morgan fingerprint density at radius 1 is 1.33 bits per heavy atom. The highest BCUT2D eigenvalue weighted by Gasteiger charge is 2.19. The fourth-order valence-electron chi connectivity index (χ4n) is 1.15. The van der Waals surface area contributed by atoms with E-state index in [1.807, 2.05) is 0 Å². The predicted octanol–water partition coefficient (Wildman–Crippen LogP) is 1.57. The second-order valence-electron chi connectivity index (χ2n) is 3.92. The summed E-state index contributed by atoms with van der Waals surface area (Å²) in [6, 6.07) is 0. The Bertz CT molecular complexity index is 644. The summed E-state index contributed by atoms with van der Waals surface area (Å²) in [6.45, 7) is 3.32. The summed E-state index contributed by atoms with van der Waals surface area (Å²) >= 11 is 2.56. The maximum atomic E-state index is 11.8.